The number of carboxylic acids is 1. The van der Waals surface area contributed by atoms with Crippen LogP contribution in [0, 0.1) is 0 Å². The number of aliphatic carboxylic acids is 1. The summed E-state index contributed by atoms with van der Waals surface area (Å²) >= 11 is 0. The van der Waals surface area contributed by atoms with E-state index in [0.29, 0.717) is 17.9 Å². The van der Waals surface area contributed by atoms with E-state index in [9.17, 15) is 9.59 Å². The number of hydrogen-bond donors (Lipinski definition) is 3. The van der Waals surface area contributed by atoms with Crippen LogP contribution in [0.25, 0.3) is 0 Å². The fourth-order valence-corrected chi connectivity index (χ4v) is 4.09. The molecule has 1 aromatic carbocycles. The molecule has 9 heteroatoms. The minimum absolute atomic E-state index is 0.0607. The third-order valence-corrected chi connectivity index (χ3v) is 5.68. The van der Waals surface area contributed by atoms with Crippen LogP contribution in [0.3, 0.4) is 0 Å². The van der Waals surface area contributed by atoms with Gasteiger partial charge < -0.3 is 34.7 Å². The minimum Gasteiger partial charge on any atom is -0.481 e. The highest BCUT2D eigenvalue weighted by Gasteiger charge is 2.55. The molecule has 2 amide bonds. The van der Waals surface area contributed by atoms with Crippen LogP contribution in [-0.2, 0) is 30.2 Å². The van der Waals surface area contributed by atoms with Crippen LogP contribution in [0.5, 0.6) is 0 Å². The smallest absolute Gasteiger partial charge is 0.319 e. The number of benzene rings is 1. The van der Waals surface area contributed by atoms with E-state index in [1.807, 2.05) is 13.8 Å². The summed E-state index contributed by atoms with van der Waals surface area (Å²) in [6.07, 6.45) is 4.06. The van der Waals surface area contributed by atoms with Gasteiger partial charge in [-0.05, 0) is 38.0 Å². The van der Waals surface area contributed by atoms with Gasteiger partial charge in [0, 0.05) is 18.8 Å². The quantitative estimate of drug-likeness (QED) is 0.404. The van der Waals surface area contributed by atoms with Gasteiger partial charge in [-0.25, -0.2) is 4.79 Å². The van der Waals surface area contributed by atoms with E-state index in [-0.39, 0.29) is 31.2 Å². The van der Waals surface area contributed by atoms with Gasteiger partial charge in [0.25, 0.3) is 0 Å². The number of carboxylic acid groups (broad SMARTS) is 1. The van der Waals surface area contributed by atoms with Crippen molar-refractivity contribution in [2.24, 2.45) is 0 Å². The zero-order chi connectivity index (χ0) is 23.8. The first-order chi connectivity index (χ1) is 15.8. The summed E-state index contributed by atoms with van der Waals surface area (Å²) in [7, 11) is 0. The number of carbonyl (C=O) groups excluding carboxylic acids is 1. The van der Waals surface area contributed by atoms with Crippen LogP contribution in [0.4, 0.5) is 10.5 Å². The summed E-state index contributed by atoms with van der Waals surface area (Å²) in [5, 5.41) is 14.4. The molecular weight excluding hydrogens is 428 g/mol. The van der Waals surface area contributed by atoms with Crippen molar-refractivity contribution in [2.45, 2.75) is 89.7 Å². The number of nitrogens with one attached hydrogen (secondary N) is 2. The van der Waals surface area contributed by atoms with E-state index in [4.69, 9.17) is 24.1 Å². The Morgan fingerprint density at radius 3 is 2.52 bits per heavy atom. The molecular formula is C24H36N2O7. The van der Waals surface area contributed by atoms with Crippen molar-refractivity contribution in [3.8, 4) is 0 Å². The third kappa shape index (κ3) is 7.67. The first-order valence-electron chi connectivity index (χ1n) is 11.8. The molecule has 184 valence electrons. The predicted molar refractivity (Wildman–Crippen MR) is 122 cm³/mol. The zero-order valence-electron chi connectivity index (χ0n) is 19.7. The maximum Gasteiger partial charge on any atom is 0.319 e. The molecule has 2 aliphatic heterocycles. The van der Waals surface area contributed by atoms with E-state index in [2.05, 4.69) is 17.6 Å². The Kier molecular flexibility index (Phi) is 9.08. The van der Waals surface area contributed by atoms with Crippen LogP contribution in [-0.4, -0.2) is 60.6 Å². The van der Waals surface area contributed by atoms with Gasteiger partial charge in [0.05, 0.1) is 6.42 Å². The fourth-order valence-electron chi connectivity index (χ4n) is 4.09. The Morgan fingerprint density at radius 1 is 1.09 bits per heavy atom. The number of amides is 2. The van der Waals surface area contributed by atoms with Gasteiger partial charge in [0.1, 0.15) is 18.3 Å². The monoisotopic (exact) mass is 464 g/mol. The van der Waals surface area contributed by atoms with Gasteiger partial charge in [-0.15, -0.1) is 0 Å². The molecule has 2 aliphatic rings. The summed E-state index contributed by atoms with van der Waals surface area (Å²) in [4.78, 5) is 23.2. The number of carbonyl (C=O) groups is 2. The Morgan fingerprint density at radius 2 is 1.82 bits per heavy atom. The second kappa shape index (κ2) is 11.8. The van der Waals surface area contributed by atoms with E-state index in [1.54, 1.807) is 24.3 Å². The van der Waals surface area contributed by atoms with Crippen molar-refractivity contribution in [3.63, 3.8) is 0 Å². The number of ether oxygens (including phenoxy) is 4. The molecule has 2 saturated heterocycles. The molecule has 0 aromatic heterocycles. The third-order valence-electron chi connectivity index (χ3n) is 5.68. The Hall–Kier alpha value is -2.20. The minimum atomic E-state index is -0.899. The fraction of sp³-hybridized carbons (Fsp3) is 0.667. The lowest BCUT2D eigenvalue weighted by Crippen LogP contribution is -2.44. The van der Waals surface area contributed by atoms with E-state index in [1.165, 1.54) is 19.3 Å². The van der Waals surface area contributed by atoms with Crippen molar-refractivity contribution in [1.82, 2.24) is 5.32 Å². The molecule has 0 bridgehead atoms. The SMILES string of the molecule is CCCCCCCO[C@@H]1[C@H]2OC(C)(C)O[C@H]2O[C@H]1CNC(=O)Nc1ccc(CC(=O)O)cc1. The predicted octanol–water partition coefficient (Wildman–Crippen LogP) is 3.67. The summed E-state index contributed by atoms with van der Waals surface area (Å²) in [6, 6.07) is 6.30. The lowest BCUT2D eigenvalue weighted by molar-refractivity contribution is -0.217. The van der Waals surface area contributed by atoms with Crippen molar-refractivity contribution in [1.29, 1.82) is 0 Å². The van der Waals surface area contributed by atoms with Crippen LogP contribution in [0.1, 0.15) is 58.4 Å². The molecule has 33 heavy (non-hydrogen) atoms. The Labute approximate surface area is 195 Å². The normalized spacial score (nSPS) is 25.5. The molecule has 0 radical (unpaired) electrons. The summed E-state index contributed by atoms with van der Waals surface area (Å²) < 4.78 is 24.0. The number of fused-ring (bicyclic) bond motifs is 1. The molecule has 4 atom stereocenters. The molecule has 9 nitrogen and oxygen atoms in total. The zero-order valence-corrected chi connectivity index (χ0v) is 19.7. The highest BCUT2D eigenvalue weighted by atomic mass is 16.8. The van der Waals surface area contributed by atoms with Crippen molar-refractivity contribution in [3.05, 3.63) is 29.8 Å². The molecule has 0 saturated carbocycles. The van der Waals surface area contributed by atoms with Crippen LogP contribution in [0.15, 0.2) is 24.3 Å². The first kappa shape index (κ1) is 25.4. The molecule has 3 N–H and O–H groups in total. The maximum atomic E-state index is 12.4. The summed E-state index contributed by atoms with van der Waals surface area (Å²) in [5.41, 5.74) is 1.23. The second-order valence-electron chi connectivity index (χ2n) is 9.00. The van der Waals surface area contributed by atoms with Crippen LogP contribution >= 0.6 is 0 Å². The van der Waals surface area contributed by atoms with Gasteiger partial charge in [-0.3, -0.25) is 4.79 Å². The van der Waals surface area contributed by atoms with Crippen LogP contribution in [0.2, 0.25) is 0 Å². The topological polar surface area (TPSA) is 115 Å². The van der Waals surface area contributed by atoms with Gasteiger partial charge in [0.2, 0.25) is 0 Å². The number of anilines is 1. The molecule has 0 aliphatic carbocycles. The molecule has 0 unspecified atom stereocenters. The second-order valence-corrected chi connectivity index (χ2v) is 9.00. The average Bonchev–Trinajstić information content (AvgIpc) is 3.21. The number of unbranched alkanes of at least 4 members (excludes halogenated alkanes) is 4. The number of hydrogen-bond acceptors (Lipinski definition) is 6. The highest BCUT2D eigenvalue weighted by Crippen LogP contribution is 2.38. The molecule has 2 heterocycles. The average molecular weight is 465 g/mol. The largest absolute Gasteiger partial charge is 0.481 e. The van der Waals surface area contributed by atoms with Gasteiger partial charge in [0.15, 0.2) is 12.1 Å². The van der Waals surface area contributed by atoms with Crippen molar-refractivity contribution >= 4 is 17.7 Å². The van der Waals surface area contributed by atoms with E-state index in [0.717, 1.165) is 12.8 Å². The standard InChI is InChI=1S/C24H36N2O7/c1-4-5-6-7-8-13-30-20-18(31-22-21(20)32-24(2,3)33-22)15-25-23(29)26-17-11-9-16(10-12-17)14-19(27)28/h9-12,18,20-22H,4-8,13-15H2,1-3H3,(H,27,28)(H2,25,26,29)/t18-,20-,21+,22+/m0/s1. The van der Waals surface area contributed by atoms with Gasteiger partial charge in [-0.2, -0.15) is 0 Å². The van der Waals surface area contributed by atoms with Crippen LogP contribution < -0.4 is 10.6 Å². The van der Waals surface area contributed by atoms with E-state index < -0.39 is 24.2 Å². The Bertz CT molecular complexity index is 784. The molecule has 3 rings (SSSR count). The maximum absolute atomic E-state index is 12.4. The summed E-state index contributed by atoms with van der Waals surface area (Å²) in [5.74, 6) is -1.63. The summed E-state index contributed by atoms with van der Waals surface area (Å²) in [6.45, 7) is 6.73. The van der Waals surface area contributed by atoms with Gasteiger partial charge in [-0.1, -0.05) is 44.7 Å². The van der Waals surface area contributed by atoms with Crippen molar-refractivity contribution in [2.75, 3.05) is 18.5 Å². The number of rotatable bonds is 12. The molecule has 1 aromatic rings. The first-order valence-corrected chi connectivity index (χ1v) is 11.8. The lowest BCUT2D eigenvalue weighted by Gasteiger charge is -2.26. The van der Waals surface area contributed by atoms with E-state index >= 15 is 0 Å². The van der Waals surface area contributed by atoms with Gasteiger partial charge >= 0.3 is 12.0 Å². The van der Waals surface area contributed by atoms with Crippen molar-refractivity contribution < 1.29 is 33.6 Å². The Balaban J connectivity index is 1.49. The number of urea groups is 1. The molecule has 2 fully saturated rings. The lowest BCUT2D eigenvalue weighted by atomic mass is 10.1. The highest BCUT2D eigenvalue weighted by molar-refractivity contribution is 5.89. The molecule has 0 spiro atoms.